The Bertz CT molecular complexity index is 420. The number of benzene rings is 1. The molecule has 1 aliphatic rings. The molecular formula is C14H21BFNO2. The van der Waals surface area contributed by atoms with Crippen molar-refractivity contribution in [1.29, 1.82) is 0 Å². The lowest BCUT2D eigenvalue weighted by molar-refractivity contribution is 0.175. The zero-order chi connectivity index (χ0) is 13.8. The Labute approximate surface area is 114 Å². The third-order valence-corrected chi connectivity index (χ3v) is 4.03. The summed E-state index contributed by atoms with van der Waals surface area (Å²) in [6.45, 7) is 5.10. The molecule has 1 aromatic carbocycles. The standard InChI is InChI=1S/C14H21BFNO2/c1-2-11-5-7-17(8-6-11)10-12-3-4-14(16)13(9-12)15(18)19/h3-4,9,11,18-19H,2,5-8,10H2,1H3. The minimum atomic E-state index is -1.74. The predicted octanol–water partition coefficient (Wildman–Crippen LogP) is 1.13. The van der Waals surface area contributed by atoms with E-state index in [1.165, 1.54) is 25.3 Å². The summed E-state index contributed by atoms with van der Waals surface area (Å²) in [5.74, 6) is 0.266. The Morgan fingerprint density at radius 2 is 2.00 bits per heavy atom. The van der Waals surface area contributed by atoms with Crippen molar-refractivity contribution in [1.82, 2.24) is 4.90 Å². The molecule has 104 valence electrons. The highest BCUT2D eigenvalue weighted by Crippen LogP contribution is 2.21. The van der Waals surface area contributed by atoms with Crippen LogP contribution in [0.15, 0.2) is 18.2 Å². The number of likely N-dealkylation sites (tertiary alicyclic amines) is 1. The Balaban J connectivity index is 1.98. The molecule has 0 bridgehead atoms. The highest BCUT2D eigenvalue weighted by molar-refractivity contribution is 6.58. The quantitative estimate of drug-likeness (QED) is 0.802. The first-order valence-corrected chi connectivity index (χ1v) is 6.97. The van der Waals surface area contributed by atoms with Crippen molar-refractivity contribution >= 4 is 12.6 Å². The molecule has 1 heterocycles. The molecule has 1 aromatic rings. The maximum Gasteiger partial charge on any atom is 0.491 e. The number of nitrogens with zero attached hydrogens (tertiary/aromatic N) is 1. The van der Waals surface area contributed by atoms with Crippen molar-refractivity contribution in [3.05, 3.63) is 29.6 Å². The summed E-state index contributed by atoms with van der Waals surface area (Å²) in [7, 11) is -1.74. The molecule has 19 heavy (non-hydrogen) atoms. The number of halogens is 1. The molecule has 1 fully saturated rings. The first kappa shape index (κ1) is 14.5. The predicted molar refractivity (Wildman–Crippen MR) is 74.5 cm³/mol. The average Bonchev–Trinajstić information content (AvgIpc) is 2.41. The second-order valence-electron chi connectivity index (χ2n) is 5.36. The van der Waals surface area contributed by atoms with E-state index in [1.54, 1.807) is 12.1 Å². The van der Waals surface area contributed by atoms with E-state index in [9.17, 15) is 4.39 Å². The van der Waals surface area contributed by atoms with Crippen LogP contribution in [0.4, 0.5) is 4.39 Å². The normalized spacial score (nSPS) is 17.7. The fourth-order valence-corrected chi connectivity index (χ4v) is 2.70. The molecule has 0 amide bonds. The molecule has 5 heteroatoms. The summed E-state index contributed by atoms with van der Waals surface area (Å²) < 4.78 is 13.4. The van der Waals surface area contributed by atoms with Crippen molar-refractivity contribution in [2.24, 2.45) is 5.92 Å². The van der Waals surface area contributed by atoms with Crippen LogP contribution in [0.1, 0.15) is 31.7 Å². The molecule has 1 saturated heterocycles. The van der Waals surface area contributed by atoms with Crippen LogP contribution in [0.5, 0.6) is 0 Å². The number of hydrogen-bond acceptors (Lipinski definition) is 3. The molecule has 2 rings (SSSR count). The molecule has 1 aliphatic heterocycles. The fraction of sp³-hybridized carbons (Fsp3) is 0.571. The molecule has 0 atom stereocenters. The summed E-state index contributed by atoms with van der Waals surface area (Å²) in [5, 5.41) is 18.2. The van der Waals surface area contributed by atoms with Gasteiger partial charge >= 0.3 is 7.12 Å². The van der Waals surface area contributed by atoms with Crippen LogP contribution in [0.25, 0.3) is 0 Å². The van der Waals surface area contributed by atoms with Gasteiger partial charge in [-0.1, -0.05) is 25.5 Å². The second-order valence-corrected chi connectivity index (χ2v) is 5.36. The van der Waals surface area contributed by atoms with Crippen LogP contribution >= 0.6 is 0 Å². The summed E-state index contributed by atoms with van der Waals surface area (Å²) in [6.07, 6.45) is 3.67. The van der Waals surface area contributed by atoms with E-state index >= 15 is 0 Å². The second kappa shape index (κ2) is 6.50. The van der Waals surface area contributed by atoms with E-state index in [1.807, 2.05) is 0 Å². The third-order valence-electron chi connectivity index (χ3n) is 4.03. The maximum absolute atomic E-state index is 13.4. The van der Waals surface area contributed by atoms with Gasteiger partial charge in [-0.3, -0.25) is 4.90 Å². The average molecular weight is 265 g/mol. The van der Waals surface area contributed by atoms with Crippen LogP contribution in [0, 0.1) is 11.7 Å². The van der Waals surface area contributed by atoms with Gasteiger partial charge in [-0.25, -0.2) is 4.39 Å². The van der Waals surface area contributed by atoms with Crippen LogP contribution in [0.2, 0.25) is 0 Å². The minimum absolute atomic E-state index is 0.0408. The minimum Gasteiger partial charge on any atom is -0.423 e. The Morgan fingerprint density at radius 3 is 2.58 bits per heavy atom. The fourth-order valence-electron chi connectivity index (χ4n) is 2.70. The van der Waals surface area contributed by atoms with E-state index in [-0.39, 0.29) is 5.46 Å². The number of piperidine rings is 1. The van der Waals surface area contributed by atoms with Gasteiger partial charge in [0, 0.05) is 12.0 Å². The van der Waals surface area contributed by atoms with Crippen LogP contribution in [-0.4, -0.2) is 35.2 Å². The van der Waals surface area contributed by atoms with Gasteiger partial charge in [0.15, 0.2) is 0 Å². The summed E-state index contributed by atoms with van der Waals surface area (Å²) in [5.41, 5.74) is 0.889. The Hall–Kier alpha value is -0.905. The van der Waals surface area contributed by atoms with Crippen LogP contribution in [0.3, 0.4) is 0 Å². The first-order valence-electron chi connectivity index (χ1n) is 6.97. The van der Waals surface area contributed by atoms with Crippen molar-refractivity contribution in [2.45, 2.75) is 32.7 Å². The maximum atomic E-state index is 13.4. The van der Waals surface area contributed by atoms with Gasteiger partial charge in [-0.2, -0.15) is 0 Å². The molecule has 0 aliphatic carbocycles. The molecule has 3 nitrogen and oxygen atoms in total. The Morgan fingerprint density at radius 1 is 1.32 bits per heavy atom. The SMILES string of the molecule is CCC1CCN(Cc2ccc(F)c(B(O)O)c2)CC1. The van der Waals surface area contributed by atoms with Crippen molar-refractivity contribution < 1.29 is 14.4 Å². The number of rotatable bonds is 4. The highest BCUT2D eigenvalue weighted by Gasteiger charge is 2.20. The molecule has 0 unspecified atom stereocenters. The molecule has 0 spiro atoms. The van der Waals surface area contributed by atoms with Gasteiger partial charge in [0.1, 0.15) is 5.82 Å². The lowest BCUT2D eigenvalue weighted by atomic mass is 9.79. The smallest absolute Gasteiger partial charge is 0.423 e. The van der Waals surface area contributed by atoms with Gasteiger partial charge in [-0.15, -0.1) is 0 Å². The van der Waals surface area contributed by atoms with E-state index in [0.717, 1.165) is 31.1 Å². The van der Waals surface area contributed by atoms with E-state index in [0.29, 0.717) is 0 Å². The van der Waals surface area contributed by atoms with Gasteiger partial charge in [-0.05, 0) is 43.5 Å². The monoisotopic (exact) mass is 265 g/mol. The molecule has 2 N–H and O–H groups in total. The number of hydrogen-bond donors (Lipinski definition) is 2. The van der Waals surface area contributed by atoms with Crippen molar-refractivity contribution in [2.75, 3.05) is 13.1 Å². The van der Waals surface area contributed by atoms with Gasteiger partial charge in [0.25, 0.3) is 0 Å². The molecule has 0 radical (unpaired) electrons. The topological polar surface area (TPSA) is 43.7 Å². The van der Waals surface area contributed by atoms with E-state index in [2.05, 4.69) is 11.8 Å². The third kappa shape index (κ3) is 3.78. The zero-order valence-corrected chi connectivity index (χ0v) is 11.3. The summed E-state index contributed by atoms with van der Waals surface area (Å²) >= 11 is 0. The van der Waals surface area contributed by atoms with Gasteiger partial charge in [0.05, 0.1) is 0 Å². The molecule has 0 aromatic heterocycles. The van der Waals surface area contributed by atoms with Gasteiger partial charge < -0.3 is 10.0 Å². The van der Waals surface area contributed by atoms with E-state index in [4.69, 9.17) is 10.0 Å². The van der Waals surface area contributed by atoms with E-state index < -0.39 is 12.9 Å². The largest absolute Gasteiger partial charge is 0.491 e. The molecule has 0 saturated carbocycles. The van der Waals surface area contributed by atoms with Crippen LogP contribution < -0.4 is 5.46 Å². The molecular weight excluding hydrogens is 244 g/mol. The zero-order valence-electron chi connectivity index (χ0n) is 11.3. The van der Waals surface area contributed by atoms with Gasteiger partial charge in [0.2, 0.25) is 0 Å². The van der Waals surface area contributed by atoms with Crippen molar-refractivity contribution in [3.63, 3.8) is 0 Å². The van der Waals surface area contributed by atoms with Crippen LogP contribution in [-0.2, 0) is 6.54 Å². The summed E-state index contributed by atoms with van der Waals surface area (Å²) in [4.78, 5) is 2.34. The lowest BCUT2D eigenvalue weighted by Crippen LogP contribution is -2.35. The Kier molecular flexibility index (Phi) is 4.96. The lowest BCUT2D eigenvalue weighted by Gasteiger charge is -2.31. The highest BCUT2D eigenvalue weighted by atomic mass is 19.1. The first-order chi connectivity index (χ1) is 9.10. The summed E-state index contributed by atoms with van der Waals surface area (Å²) in [6, 6.07) is 4.57. The van der Waals surface area contributed by atoms with Crippen molar-refractivity contribution in [3.8, 4) is 0 Å².